The highest BCUT2D eigenvalue weighted by Crippen LogP contribution is 1.82. The van der Waals surface area contributed by atoms with Crippen molar-refractivity contribution in [3.8, 4) is 0 Å². The molecule has 46 valence electrons. The molecule has 0 aromatic rings. The summed E-state index contributed by atoms with van der Waals surface area (Å²) >= 11 is 0. The first-order chi connectivity index (χ1) is 3.72. The molecule has 0 amide bonds. The van der Waals surface area contributed by atoms with E-state index >= 15 is 0 Å². The monoisotopic (exact) mass is 117 g/mol. The summed E-state index contributed by atoms with van der Waals surface area (Å²) in [5.74, 6) is -1.17. The second-order valence-corrected chi connectivity index (χ2v) is 1.21. The van der Waals surface area contributed by atoms with Crippen molar-refractivity contribution in [2.75, 3.05) is 0 Å². The van der Waals surface area contributed by atoms with Gasteiger partial charge in [0.25, 0.3) is 0 Å². The molecule has 0 aromatic heterocycles. The van der Waals surface area contributed by atoms with Gasteiger partial charge in [-0.1, -0.05) is 12.1 Å². The van der Waals surface area contributed by atoms with E-state index in [-0.39, 0.29) is 12.1 Å². The van der Waals surface area contributed by atoms with E-state index in [1.807, 2.05) is 0 Å². The molecule has 2 N–H and O–H groups in total. The summed E-state index contributed by atoms with van der Waals surface area (Å²) in [6.07, 6.45) is 0.242. The molecular weight excluding hydrogens is 110 g/mol. The van der Waals surface area contributed by atoms with Crippen LogP contribution in [0.2, 0.25) is 0 Å². The van der Waals surface area contributed by atoms with Gasteiger partial charge in [0.05, 0.1) is 0 Å². The van der Waals surface area contributed by atoms with Gasteiger partial charge in [-0.05, 0) is 6.42 Å². The number of hydrogen-bond donors (Lipinski definition) is 2. The molecule has 4 heteroatoms. The Hall–Kier alpha value is -1.06. The molecule has 0 aliphatic heterocycles. The third kappa shape index (κ3) is 1.59. The molecule has 0 aliphatic rings. The average Bonchev–Trinajstić information content (AvgIpc) is 1.69. The van der Waals surface area contributed by atoms with Crippen LogP contribution in [0.25, 0.3) is 0 Å². The Kier molecular flexibility index (Phi) is 2.61. The first kappa shape index (κ1) is 6.94. The largest absolute Gasteiger partial charge is 0.477 e. The predicted molar refractivity (Wildman–Crippen MR) is 27.1 cm³/mol. The lowest BCUT2D eigenvalue weighted by Crippen LogP contribution is -2.10. The third-order valence-corrected chi connectivity index (χ3v) is 0.702. The van der Waals surface area contributed by atoms with Crippen LogP contribution in [0.1, 0.15) is 13.3 Å². The van der Waals surface area contributed by atoms with Gasteiger partial charge >= 0.3 is 5.97 Å². The SMILES string of the molecule is CC/C(=N\O)C(=O)O. The van der Waals surface area contributed by atoms with Gasteiger partial charge in [0.2, 0.25) is 0 Å². The van der Waals surface area contributed by atoms with Crippen LogP contribution < -0.4 is 0 Å². The Balaban J connectivity index is 3.92. The number of carboxylic acid groups (broad SMARTS) is 1. The Morgan fingerprint density at radius 3 is 2.25 bits per heavy atom. The molecule has 0 atom stereocenters. The van der Waals surface area contributed by atoms with Crippen molar-refractivity contribution in [3.05, 3.63) is 0 Å². The average molecular weight is 117 g/mol. The van der Waals surface area contributed by atoms with E-state index in [0.29, 0.717) is 0 Å². The van der Waals surface area contributed by atoms with Crippen LogP contribution in [0.3, 0.4) is 0 Å². The fraction of sp³-hybridized carbons (Fsp3) is 0.500. The molecule has 8 heavy (non-hydrogen) atoms. The highest BCUT2D eigenvalue weighted by atomic mass is 16.4. The van der Waals surface area contributed by atoms with Gasteiger partial charge in [-0.25, -0.2) is 4.79 Å². The first-order valence-electron chi connectivity index (χ1n) is 2.16. The molecular formula is C4H7NO3. The van der Waals surface area contributed by atoms with E-state index in [1.165, 1.54) is 0 Å². The molecule has 0 bridgehead atoms. The second-order valence-electron chi connectivity index (χ2n) is 1.21. The number of carbonyl (C=O) groups is 1. The normalized spacial score (nSPS) is 11.4. The van der Waals surface area contributed by atoms with Gasteiger partial charge in [-0.15, -0.1) is 0 Å². The van der Waals surface area contributed by atoms with Gasteiger partial charge in [-0.3, -0.25) is 0 Å². The van der Waals surface area contributed by atoms with Gasteiger partial charge in [0, 0.05) is 0 Å². The van der Waals surface area contributed by atoms with Crippen molar-refractivity contribution in [2.24, 2.45) is 5.16 Å². The summed E-state index contributed by atoms with van der Waals surface area (Å²) in [7, 11) is 0. The van der Waals surface area contributed by atoms with Crippen molar-refractivity contribution in [3.63, 3.8) is 0 Å². The zero-order valence-corrected chi connectivity index (χ0v) is 4.46. The van der Waals surface area contributed by atoms with Crippen molar-refractivity contribution >= 4 is 11.7 Å². The molecule has 0 saturated carbocycles. The van der Waals surface area contributed by atoms with Crippen LogP contribution in [-0.2, 0) is 4.79 Å². The van der Waals surface area contributed by atoms with E-state index in [1.54, 1.807) is 6.92 Å². The summed E-state index contributed by atoms with van der Waals surface area (Å²) < 4.78 is 0. The lowest BCUT2D eigenvalue weighted by Gasteiger charge is -1.87. The number of nitrogens with zero attached hydrogens (tertiary/aromatic N) is 1. The lowest BCUT2D eigenvalue weighted by molar-refractivity contribution is -0.129. The van der Waals surface area contributed by atoms with Crippen LogP contribution in [0.5, 0.6) is 0 Å². The van der Waals surface area contributed by atoms with Gasteiger partial charge < -0.3 is 10.3 Å². The minimum atomic E-state index is -1.17. The topological polar surface area (TPSA) is 69.9 Å². The molecule has 0 saturated heterocycles. The van der Waals surface area contributed by atoms with Crippen molar-refractivity contribution in [1.29, 1.82) is 0 Å². The second kappa shape index (κ2) is 3.01. The van der Waals surface area contributed by atoms with E-state index in [9.17, 15) is 4.79 Å². The summed E-state index contributed by atoms with van der Waals surface area (Å²) in [5, 5.41) is 18.5. The number of aliphatic carboxylic acids is 1. The van der Waals surface area contributed by atoms with Crippen LogP contribution in [0.4, 0.5) is 0 Å². The van der Waals surface area contributed by atoms with Crippen molar-refractivity contribution in [1.82, 2.24) is 0 Å². The maximum Gasteiger partial charge on any atom is 0.353 e. The van der Waals surface area contributed by atoms with E-state index in [2.05, 4.69) is 5.16 Å². The fourth-order valence-corrected chi connectivity index (χ4v) is 0.265. The van der Waals surface area contributed by atoms with Gasteiger partial charge in [-0.2, -0.15) is 0 Å². The van der Waals surface area contributed by atoms with E-state index in [0.717, 1.165) is 0 Å². The highest BCUT2D eigenvalue weighted by Gasteiger charge is 2.04. The highest BCUT2D eigenvalue weighted by molar-refractivity contribution is 6.35. The predicted octanol–water partition coefficient (Wildman–Crippen LogP) is 0.311. The van der Waals surface area contributed by atoms with Crippen LogP contribution in [-0.4, -0.2) is 22.0 Å². The standard InChI is InChI=1S/C4H7NO3/c1-2-3(5-8)4(6)7/h8H,2H2,1H3,(H,6,7)/b5-3+. The lowest BCUT2D eigenvalue weighted by atomic mass is 10.3. The molecule has 0 spiro atoms. The maximum absolute atomic E-state index is 9.87. The zero-order chi connectivity index (χ0) is 6.57. The Bertz CT molecular complexity index is 118. The number of rotatable bonds is 2. The van der Waals surface area contributed by atoms with Crippen molar-refractivity contribution < 1.29 is 15.1 Å². The van der Waals surface area contributed by atoms with Gasteiger partial charge in [0.15, 0.2) is 5.71 Å². The summed E-state index contributed by atoms with van der Waals surface area (Å²) in [4.78, 5) is 9.87. The quantitative estimate of drug-likeness (QED) is 0.310. The molecule has 0 aliphatic carbocycles. The molecule has 0 aromatic carbocycles. The minimum Gasteiger partial charge on any atom is -0.477 e. The number of carboxylic acids is 1. The van der Waals surface area contributed by atoms with Crippen LogP contribution >= 0.6 is 0 Å². The smallest absolute Gasteiger partial charge is 0.353 e. The molecule has 0 heterocycles. The summed E-state index contributed by atoms with van der Waals surface area (Å²) in [6, 6.07) is 0. The molecule has 0 radical (unpaired) electrons. The summed E-state index contributed by atoms with van der Waals surface area (Å²) in [6.45, 7) is 1.60. The molecule has 4 nitrogen and oxygen atoms in total. The zero-order valence-electron chi connectivity index (χ0n) is 4.46. The minimum absolute atomic E-state index is 0.218. The van der Waals surface area contributed by atoms with Crippen LogP contribution in [0, 0.1) is 0 Å². The Morgan fingerprint density at radius 2 is 2.25 bits per heavy atom. The van der Waals surface area contributed by atoms with Gasteiger partial charge in [0.1, 0.15) is 0 Å². The maximum atomic E-state index is 9.87. The van der Waals surface area contributed by atoms with E-state index in [4.69, 9.17) is 10.3 Å². The molecule has 0 rings (SSSR count). The molecule has 0 unspecified atom stereocenters. The number of hydrogen-bond acceptors (Lipinski definition) is 3. The van der Waals surface area contributed by atoms with Crippen LogP contribution in [0.15, 0.2) is 5.16 Å². The Morgan fingerprint density at radius 1 is 1.75 bits per heavy atom. The Labute approximate surface area is 46.4 Å². The first-order valence-corrected chi connectivity index (χ1v) is 2.16. The molecule has 0 fully saturated rings. The van der Waals surface area contributed by atoms with E-state index < -0.39 is 5.97 Å². The number of oxime groups is 1. The fourth-order valence-electron chi connectivity index (χ4n) is 0.265. The third-order valence-electron chi connectivity index (χ3n) is 0.702. The van der Waals surface area contributed by atoms with Crippen molar-refractivity contribution in [2.45, 2.75) is 13.3 Å². The summed E-state index contributed by atoms with van der Waals surface area (Å²) in [5.41, 5.74) is -0.218.